The fourth-order valence-electron chi connectivity index (χ4n) is 1.86. The van der Waals surface area contributed by atoms with Crippen LogP contribution in [0, 0.1) is 11.8 Å². The summed E-state index contributed by atoms with van der Waals surface area (Å²) in [6.07, 6.45) is 4.02. The van der Waals surface area contributed by atoms with Crippen molar-refractivity contribution in [1.29, 1.82) is 0 Å². The predicted molar refractivity (Wildman–Crippen MR) is 55.8 cm³/mol. The zero-order valence-corrected chi connectivity index (χ0v) is 9.12. The van der Waals surface area contributed by atoms with Gasteiger partial charge < -0.3 is 10.4 Å². The van der Waals surface area contributed by atoms with Gasteiger partial charge in [0.1, 0.15) is 0 Å². The molecule has 1 rings (SSSR count). The number of aliphatic hydroxyl groups excluding tert-OH is 1. The molecule has 0 heterocycles. The Morgan fingerprint density at radius 3 is 2.64 bits per heavy atom. The minimum Gasteiger partial charge on any atom is -0.393 e. The Labute approximate surface area is 85.9 Å². The molecule has 1 aliphatic rings. The summed E-state index contributed by atoms with van der Waals surface area (Å²) in [5, 5.41) is 12.6. The first-order valence-electron chi connectivity index (χ1n) is 5.57. The van der Waals surface area contributed by atoms with Gasteiger partial charge in [0.05, 0.1) is 6.10 Å². The summed E-state index contributed by atoms with van der Waals surface area (Å²) in [4.78, 5) is 11.3. The molecular formula is C11H21NO2. The lowest BCUT2D eigenvalue weighted by Gasteiger charge is -2.27. The van der Waals surface area contributed by atoms with Crippen LogP contribution in [0.4, 0.5) is 0 Å². The monoisotopic (exact) mass is 199 g/mol. The highest BCUT2D eigenvalue weighted by Gasteiger charge is 2.23. The molecule has 2 atom stereocenters. The third-order valence-corrected chi connectivity index (χ3v) is 2.93. The molecule has 82 valence electrons. The molecular weight excluding hydrogens is 178 g/mol. The number of hydrogen-bond acceptors (Lipinski definition) is 2. The lowest BCUT2D eigenvalue weighted by atomic mass is 9.86. The molecule has 0 aliphatic heterocycles. The van der Waals surface area contributed by atoms with Crippen LogP contribution < -0.4 is 5.32 Å². The summed E-state index contributed by atoms with van der Waals surface area (Å²) in [7, 11) is 0. The van der Waals surface area contributed by atoms with E-state index in [4.69, 9.17) is 0 Å². The molecule has 0 aromatic carbocycles. The van der Waals surface area contributed by atoms with Crippen LogP contribution in [0.25, 0.3) is 0 Å². The van der Waals surface area contributed by atoms with Crippen molar-refractivity contribution in [2.75, 3.05) is 6.54 Å². The van der Waals surface area contributed by atoms with Gasteiger partial charge in [-0.15, -0.1) is 0 Å². The normalized spacial score (nSPS) is 27.7. The minimum atomic E-state index is -0.212. The summed E-state index contributed by atoms with van der Waals surface area (Å²) < 4.78 is 0. The van der Waals surface area contributed by atoms with Crippen LogP contribution in [0.5, 0.6) is 0 Å². The zero-order chi connectivity index (χ0) is 10.6. The predicted octanol–water partition coefficient (Wildman–Crippen LogP) is 1.31. The standard InChI is InChI=1S/C11H21NO2/c1-8(2)11(14)12-7-9-5-3-4-6-10(9)13/h8-10,13H,3-7H2,1-2H3,(H,12,14). The minimum absolute atomic E-state index is 0.0377. The van der Waals surface area contributed by atoms with Crippen LogP contribution in [-0.4, -0.2) is 23.7 Å². The Balaban J connectivity index is 2.26. The van der Waals surface area contributed by atoms with Gasteiger partial charge in [-0.25, -0.2) is 0 Å². The van der Waals surface area contributed by atoms with E-state index in [0.717, 1.165) is 19.3 Å². The maximum Gasteiger partial charge on any atom is 0.222 e. The van der Waals surface area contributed by atoms with Crippen molar-refractivity contribution < 1.29 is 9.90 Å². The number of carbonyl (C=O) groups excluding carboxylic acids is 1. The van der Waals surface area contributed by atoms with E-state index in [2.05, 4.69) is 5.32 Å². The first-order chi connectivity index (χ1) is 6.61. The summed E-state index contributed by atoms with van der Waals surface area (Å²) in [5.74, 6) is 0.393. The fourth-order valence-corrected chi connectivity index (χ4v) is 1.86. The molecule has 0 aromatic rings. The smallest absolute Gasteiger partial charge is 0.222 e. The van der Waals surface area contributed by atoms with Crippen molar-refractivity contribution in [3.8, 4) is 0 Å². The average Bonchev–Trinajstić information content (AvgIpc) is 2.16. The van der Waals surface area contributed by atoms with Gasteiger partial charge in [-0.05, 0) is 12.8 Å². The second-order valence-electron chi connectivity index (χ2n) is 4.51. The van der Waals surface area contributed by atoms with Gasteiger partial charge in [0.2, 0.25) is 5.91 Å². The van der Waals surface area contributed by atoms with Gasteiger partial charge in [0.15, 0.2) is 0 Å². The van der Waals surface area contributed by atoms with Gasteiger partial charge >= 0.3 is 0 Å². The molecule has 0 spiro atoms. The summed E-state index contributed by atoms with van der Waals surface area (Å²) in [5.41, 5.74) is 0. The molecule has 0 radical (unpaired) electrons. The third-order valence-electron chi connectivity index (χ3n) is 2.93. The largest absolute Gasteiger partial charge is 0.393 e. The van der Waals surface area contributed by atoms with Gasteiger partial charge in [0, 0.05) is 18.4 Å². The molecule has 0 aromatic heterocycles. The van der Waals surface area contributed by atoms with Gasteiger partial charge in [-0.2, -0.15) is 0 Å². The van der Waals surface area contributed by atoms with Crippen LogP contribution in [0.3, 0.4) is 0 Å². The summed E-state index contributed by atoms with van der Waals surface area (Å²) in [6.45, 7) is 4.40. The Morgan fingerprint density at radius 1 is 1.43 bits per heavy atom. The van der Waals surface area contributed by atoms with Crippen molar-refractivity contribution in [2.45, 2.75) is 45.6 Å². The average molecular weight is 199 g/mol. The topological polar surface area (TPSA) is 49.3 Å². The molecule has 2 N–H and O–H groups in total. The van der Waals surface area contributed by atoms with Gasteiger partial charge in [-0.3, -0.25) is 4.79 Å². The van der Waals surface area contributed by atoms with Crippen molar-refractivity contribution in [1.82, 2.24) is 5.32 Å². The summed E-state index contributed by atoms with van der Waals surface area (Å²) >= 11 is 0. The SMILES string of the molecule is CC(C)C(=O)NCC1CCCCC1O. The number of carbonyl (C=O) groups is 1. The molecule has 3 heteroatoms. The lowest BCUT2D eigenvalue weighted by molar-refractivity contribution is -0.124. The first-order valence-corrected chi connectivity index (χ1v) is 5.57. The molecule has 0 bridgehead atoms. The Kier molecular flexibility index (Phi) is 4.39. The summed E-state index contributed by atoms with van der Waals surface area (Å²) in [6, 6.07) is 0. The molecule has 1 aliphatic carbocycles. The van der Waals surface area contributed by atoms with E-state index in [-0.39, 0.29) is 23.8 Å². The number of nitrogens with one attached hydrogen (secondary N) is 1. The second kappa shape index (κ2) is 5.35. The number of aliphatic hydroxyl groups is 1. The van der Waals surface area contributed by atoms with Crippen LogP contribution in [0.2, 0.25) is 0 Å². The molecule has 14 heavy (non-hydrogen) atoms. The lowest BCUT2D eigenvalue weighted by Crippen LogP contribution is -2.38. The molecule has 1 saturated carbocycles. The molecule has 1 fully saturated rings. The molecule has 0 saturated heterocycles. The Bertz CT molecular complexity index is 192. The first kappa shape index (κ1) is 11.5. The van der Waals surface area contributed by atoms with Crippen LogP contribution in [-0.2, 0) is 4.79 Å². The fraction of sp³-hybridized carbons (Fsp3) is 0.909. The van der Waals surface area contributed by atoms with E-state index in [9.17, 15) is 9.90 Å². The van der Waals surface area contributed by atoms with Crippen molar-refractivity contribution in [3.05, 3.63) is 0 Å². The third kappa shape index (κ3) is 3.29. The van der Waals surface area contributed by atoms with Crippen LogP contribution in [0.15, 0.2) is 0 Å². The molecule has 3 nitrogen and oxygen atoms in total. The van der Waals surface area contributed by atoms with E-state index >= 15 is 0 Å². The Morgan fingerprint density at radius 2 is 2.07 bits per heavy atom. The molecule has 1 amide bonds. The maximum absolute atomic E-state index is 11.3. The maximum atomic E-state index is 11.3. The number of hydrogen-bond donors (Lipinski definition) is 2. The van der Waals surface area contributed by atoms with Crippen LogP contribution >= 0.6 is 0 Å². The van der Waals surface area contributed by atoms with E-state index in [1.165, 1.54) is 6.42 Å². The van der Waals surface area contributed by atoms with Gasteiger partial charge in [-0.1, -0.05) is 26.7 Å². The second-order valence-corrected chi connectivity index (χ2v) is 4.51. The number of amides is 1. The number of rotatable bonds is 3. The van der Waals surface area contributed by atoms with Gasteiger partial charge in [0.25, 0.3) is 0 Å². The highest BCUT2D eigenvalue weighted by atomic mass is 16.3. The highest BCUT2D eigenvalue weighted by molar-refractivity contribution is 5.77. The quantitative estimate of drug-likeness (QED) is 0.720. The van der Waals surface area contributed by atoms with Crippen molar-refractivity contribution in [3.63, 3.8) is 0 Å². The highest BCUT2D eigenvalue weighted by Crippen LogP contribution is 2.23. The van der Waals surface area contributed by atoms with E-state index in [0.29, 0.717) is 6.54 Å². The van der Waals surface area contributed by atoms with Crippen molar-refractivity contribution >= 4 is 5.91 Å². The van der Waals surface area contributed by atoms with E-state index in [1.807, 2.05) is 13.8 Å². The molecule has 2 unspecified atom stereocenters. The van der Waals surface area contributed by atoms with E-state index in [1.54, 1.807) is 0 Å². The zero-order valence-electron chi connectivity index (χ0n) is 9.12. The Hall–Kier alpha value is -0.570. The van der Waals surface area contributed by atoms with Crippen molar-refractivity contribution in [2.24, 2.45) is 11.8 Å². The van der Waals surface area contributed by atoms with Crippen LogP contribution in [0.1, 0.15) is 39.5 Å². The van der Waals surface area contributed by atoms with E-state index < -0.39 is 0 Å².